The summed E-state index contributed by atoms with van der Waals surface area (Å²) < 4.78 is 26.2. The molecule has 0 bridgehead atoms. The highest BCUT2D eigenvalue weighted by Gasteiger charge is 2.22. The number of rotatable bonds is 31. The molecule has 0 aromatic heterocycles. The molecule has 8 nitrogen and oxygen atoms in total. The molecule has 0 aliphatic carbocycles. The van der Waals surface area contributed by atoms with Gasteiger partial charge in [0, 0.05) is 12.8 Å². The van der Waals surface area contributed by atoms with Crippen LogP contribution >= 0.6 is 7.82 Å². The lowest BCUT2D eigenvalue weighted by molar-refractivity contribution is -0.161. The van der Waals surface area contributed by atoms with E-state index in [-0.39, 0.29) is 19.4 Å². The quantitative estimate of drug-likeness (QED) is 0.0319. The summed E-state index contributed by atoms with van der Waals surface area (Å²) >= 11 is 0. The van der Waals surface area contributed by atoms with Crippen molar-refractivity contribution >= 4 is 19.8 Å². The molecule has 0 amide bonds. The number of hydrogen-bond donors (Lipinski definition) is 2. The molecule has 0 fully saturated rings. The Labute approximate surface area is 291 Å². The second-order valence-electron chi connectivity index (χ2n) is 11.4. The predicted molar refractivity (Wildman–Crippen MR) is 197 cm³/mol. The van der Waals surface area contributed by atoms with Crippen molar-refractivity contribution in [2.24, 2.45) is 0 Å². The molecule has 48 heavy (non-hydrogen) atoms. The first kappa shape index (κ1) is 45.2. The fraction of sp³-hybridized carbons (Fsp3) is 0.590. The van der Waals surface area contributed by atoms with E-state index in [1.54, 1.807) is 0 Å². The summed E-state index contributed by atoms with van der Waals surface area (Å²) in [4.78, 5) is 42.6. The first-order chi connectivity index (χ1) is 23.3. The molecule has 0 rings (SSSR count). The first-order valence-corrected chi connectivity index (χ1v) is 19.4. The molecular formula is C39H63O8P. The molecule has 1 atom stereocenters. The van der Waals surface area contributed by atoms with E-state index in [9.17, 15) is 14.2 Å². The topological polar surface area (TPSA) is 119 Å². The van der Waals surface area contributed by atoms with Crippen LogP contribution in [0.1, 0.15) is 129 Å². The Morgan fingerprint density at radius 1 is 0.542 bits per heavy atom. The summed E-state index contributed by atoms with van der Waals surface area (Å²) in [6.07, 6.45) is 44.5. The van der Waals surface area contributed by atoms with E-state index >= 15 is 0 Å². The predicted octanol–water partition coefficient (Wildman–Crippen LogP) is 10.5. The number of phosphoric ester groups is 1. The van der Waals surface area contributed by atoms with Gasteiger partial charge in [-0.05, 0) is 83.5 Å². The summed E-state index contributed by atoms with van der Waals surface area (Å²) in [5, 5.41) is 0. The van der Waals surface area contributed by atoms with Crippen LogP contribution in [0.2, 0.25) is 0 Å². The third-order valence-electron chi connectivity index (χ3n) is 6.91. The number of esters is 2. The Morgan fingerprint density at radius 2 is 0.938 bits per heavy atom. The Bertz CT molecular complexity index is 1050. The van der Waals surface area contributed by atoms with Crippen LogP contribution in [0.5, 0.6) is 0 Å². The Morgan fingerprint density at radius 3 is 1.44 bits per heavy atom. The SMILES string of the molecule is CC/C=C/C/C=C/C/C=C/C/C=C/CCCCC(=O)O[C@H](COC(=O)CCCCCCC/C=C/C/C=C/C/C=C/CC)COP(=O)(O)O. The van der Waals surface area contributed by atoms with Gasteiger partial charge >= 0.3 is 19.8 Å². The Hall–Kier alpha value is -2.77. The van der Waals surface area contributed by atoms with Crippen LogP contribution in [-0.4, -0.2) is 41.0 Å². The largest absolute Gasteiger partial charge is 0.469 e. The van der Waals surface area contributed by atoms with Crippen molar-refractivity contribution in [1.29, 1.82) is 0 Å². The van der Waals surface area contributed by atoms with Crippen LogP contribution in [0.25, 0.3) is 0 Å². The van der Waals surface area contributed by atoms with Gasteiger partial charge in [-0.1, -0.05) is 118 Å². The molecule has 272 valence electrons. The Kier molecular flexibility index (Phi) is 32.1. The number of carbonyl (C=O) groups is 2. The average molecular weight is 691 g/mol. The maximum Gasteiger partial charge on any atom is 0.469 e. The molecule has 0 unspecified atom stereocenters. The van der Waals surface area contributed by atoms with E-state index in [2.05, 4.69) is 103 Å². The number of carbonyl (C=O) groups excluding carboxylic acids is 2. The molecule has 0 heterocycles. The second-order valence-corrected chi connectivity index (χ2v) is 12.7. The summed E-state index contributed by atoms with van der Waals surface area (Å²) in [5.74, 6) is -0.965. The fourth-order valence-corrected chi connectivity index (χ4v) is 4.68. The van der Waals surface area contributed by atoms with Crippen LogP contribution in [0.4, 0.5) is 0 Å². The fourth-order valence-electron chi connectivity index (χ4n) is 4.32. The number of ether oxygens (including phenoxy) is 2. The van der Waals surface area contributed by atoms with E-state index in [1.807, 2.05) is 0 Å². The third kappa shape index (κ3) is 36.1. The molecule has 0 radical (unpaired) electrons. The van der Waals surface area contributed by atoms with Crippen molar-refractivity contribution in [3.05, 3.63) is 85.1 Å². The van der Waals surface area contributed by atoms with Crippen LogP contribution < -0.4 is 0 Å². The normalized spacial score (nSPS) is 13.5. The minimum Gasteiger partial charge on any atom is -0.462 e. The maximum absolute atomic E-state index is 12.3. The van der Waals surface area contributed by atoms with Crippen LogP contribution in [-0.2, 0) is 28.2 Å². The van der Waals surface area contributed by atoms with E-state index in [0.29, 0.717) is 12.8 Å². The van der Waals surface area contributed by atoms with Gasteiger partial charge in [0.05, 0.1) is 6.61 Å². The summed E-state index contributed by atoms with van der Waals surface area (Å²) in [6.45, 7) is 3.38. The van der Waals surface area contributed by atoms with Crippen molar-refractivity contribution in [3.63, 3.8) is 0 Å². The zero-order valence-corrected chi connectivity index (χ0v) is 30.5. The second kappa shape index (κ2) is 34.1. The highest BCUT2D eigenvalue weighted by atomic mass is 31.2. The molecule has 0 spiro atoms. The van der Waals surface area contributed by atoms with Gasteiger partial charge < -0.3 is 19.3 Å². The van der Waals surface area contributed by atoms with Gasteiger partial charge in [-0.2, -0.15) is 0 Å². The molecule has 0 aliphatic heterocycles. The Balaban J connectivity index is 4.12. The highest BCUT2D eigenvalue weighted by Crippen LogP contribution is 2.35. The van der Waals surface area contributed by atoms with Gasteiger partial charge in [-0.25, -0.2) is 4.57 Å². The van der Waals surface area contributed by atoms with Gasteiger partial charge in [0.1, 0.15) is 6.61 Å². The average Bonchev–Trinajstić information content (AvgIpc) is 3.05. The van der Waals surface area contributed by atoms with E-state index in [0.717, 1.165) is 89.9 Å². The number of allylic oxidation sites excluding steroid dienone is 14. The summed E-state index contributed by atoms with van der Waals surface area (Å²) in [5.41, 5.74) is 0. The molecule has 9 heteroatoms. The van der Waals surface area contributed by atoms with Crippen LogP contribution in [0.3, 0.4) is 0 Å². The van der Waals surface area contributed by atoms with Gasteiger partial charge in [-0.3, -0.25) is 14.1 Å². The molecule has 0 saturated carbocycles. The van der Waals surface area contributed by atoms with Crippen LogP contribution in [0, 0.1) is 0 Å². The van der Waals surface area contributed by atoms with Gasteiger partial charge in [0.15, 0.2) is 6.10 Å². The zero-order valence-electron chi connectivity index (χ0n) is 29.6. The maximum atomic E-state index is 12.3. The molecule has 0 aromatic rings. The zero-order chi connectivity index (χ0) is 35.4. The lowest BCUT2D eigenvalue weighted by Gasteiger charge is -2.18. The lowest BCUT2D eigenvalue weighted by atomic mass is 10.1. The molecular weight excluding hydrogens is 627 g/mol. The minimum absolute atomic E-state index is 0.150. The standard InChI is InChI=1S/C39H63O8P/c1-3-5-7-9-11-13-15-17-19-21-23-25-27-29-31-33-38(40)45-35-37(36-46-48(42,43)44)47-39(41)34-32-30-28-26-24-22-20-18-16-14-12-10-8-6-4-2/h5-8,11-14,17-20,24,26,37H,3-4,9-10,15-16,21-23,25,27-36H2,1-2H3,(H2,42,43,44)/b7-5+,8-6+,13-11+,14-12+,19-17+,20-18+,26-24+/t37-/m1/s1. The third-order valence-corrected chi connectivity index (χ3v) is 7.39. The van der Waals surface area contributed by atoms with Crippen molar-refractivity contribution < 1.29 is 37.9 Å². The number of phosphoric acid groups is 1. The lowest BCUT2D eigenvalue weighted by Crippen LogP contribution is -2.29. The van der Waals surface area contributed by atoms with E-state index < -0.39 is 32.5 Å². The molecule has 0 aromatic carbocycles. The summed E-state index contributed by atoms with van der Waals surface area (Å²) in [6, 6.07) is 0. The van der Waals surface area contributed by atoms with E-state index in [1.165, 1.54) is 0 Å². The van der Waals surface area contributed by atoms with Crippen molar-refractivity contribution in [3.8, 4) is 0 Å². The minimum atomic E-state index is -4.77. The molecule has 0 aliphatic rings. The number of unbranched alkanes of at least 4 members (excludes halogenated alkanes) is 7. The van der Waals surface area contributed by atoms with Crippen LogP contribution in [0.15, 0.2) is 85.1 Å². The van der Waals surface area contributed by atoms with Crippen molar-refractivity contribution in [2.45, 2.75) is 136 Å². The monoisotopic (exact) mass is 690 g/mol. The van der Waals surface area contributed by atoms with Gasteiger partial charge in [0.2, 0.25) is 0 Å². The smallest absolute Gasteiger partial charge is 0.462 e. The van der Waals surface area contributed by atoms with Gasteiger partial charge in [-0.15, -0.1) is 0 Å². The molecule has 2 N–H and O–H groups in total. The highest BCUT2D eigenvalue weighted by molar-refractivity contribution is 7.46. The van der Waals surface area contributed by atoms with Gasteiger partial charge in [0.25, 0.3) is 0 Å². The van der Waals surface area contributed by atoms with E-state index in [4.69, 9.17) is 19.3 Å². The summed E-state index contributed by atoms with van der Waals surface area (Å²) in [7, 11) is -4.77. The number of hydrogen-bond acceptors (Lipinski definition) is 6. The van der Waals surface area contributed by atoms with Crippen molar-refractivity contribution in [1.82, 2.24) is 0 Å². The molecule has 0 saturated heterocycles. The first-order valence-electron chi connectivity index (χ1n) is 17.9. The van der Waals surface area contributed by atoms with Crippen molar-refractivity contribution in [2.75, 3.05) is 13.2 Å².